The molecule has 3 nitrogen and oxygen atoms in total. The van der Waals surface area contributed by atoms with Crippen LogP contribution in [0.3, 0.4) is 0 Å². The van der Waals surface area contributed by atoms with E-state index >= 15 is 0 Å². The zero-order valence-electron chi connectivity index (χ0n) is 9.80. The quantitative estimate of drug-likeness (QED) is 0.491. The van der Waals surface area contributed by atoms with Crippen molar-refractivity contribution in [2.45, 2.75) is 10.8 Å². The Labute approximate surface area is 119 Å². The summed E-state index contributed by atoms with van der Waals surface area (Å²) >= 11 is 4.96. The maximum Gasteiger partial charge on any atom is 0.251 e. The minimum atomic E-state index is 0.699. The van der Waals surface area contributed by atoms with Crippen molar-refractivity contribution < 1.29 is 9.47 Å². The van der Waals surface area contributed by atoms with Gasteiger partial charge in [0.05, 0.1) is 11.6 Å². The predicted molar refractivity (Wildman–Crippen MR) is 75.7 cm³/mol. The third kappa shape index (κ3) is 3.17. The number of methoxy groups -OCH3 is 1. The van der Waals surface area contributed by atoms with E-state index in [2.05, 4.69) is 15.9 Å². The van der Waals surface area contributed by atoms with Gasteiger partial charge in [0.15, 0.2) is 6.20 Å². The average molecular weight is 326 g/mol. The van der Waals surface area contributed by atoms with Gasteiger partial charge in [-0.05, 0) is 39.7 Å². The Balaban J connectivity index is 2.07. The Morgan fingerprint density at radius 2 is 2.17 bits per heavy atom. The monoisotopic (exact) mass is 325 g/mol. The molecule has 0 radical (unpaired) electrons. The van der Waals surface area contributed by atoms with E-state index in [-0.39, 0.29) is 0 Å². The van der Waals surface area contributed by atoms with Crippen LogP contribution < -0.4 is 9.47 Å². The summed E-state index contributed by atoms with van der Waals surface area (Å²) in [5.74, 6) is 1.55. The number of nitrogens with zero attached hydrogens (tertiary/aromatic N) is 1. The van der Waals surface area contributed by atoms with E-state index < -0.39 is 0 Å². The first-order chi connectivity index (χ1) is 8.70. The minimum Gasteiger partial charge on any atom is -0.618 e. The molecule has 1 aromatic heterocycles. The summed E-state index contributed by atoms with van der Waals surface area (Å²) in [5, 5.41) is 12.2. The van der Waals surface area contributed by atoms with Crippen LogP contribution >= 0.6 is 27.7 Å². The van der Waals surface area contributed by atoms with Gasteiger partial charge in [-0.3, -0.25) is 0 Å². The van der Waals surface area contributed by atoms with Gasteiger partial charge in [-0.15, -0.1) is 0 Å². The molecule has 0 amide bonds. The van der Waals surface area contributed by atoms with Gasteiger partial charge in [0.1, 0.15) is 5.75 Å². The van der Waals surface area contributed by atoms with Gasteiger partial charge < -0.3 is 9.94 Å². The SMILES string of the molecule is COc1ccc(CSc2cccc[n+]2[O-])cc1Br. The summed E-state index contributed by atoms with van der Waals surface area (Å²) in [5.41, 5.74) is 1.14. The highest BCUT2D eigenvalue weighted by molar-refractivity contribution is 9.10. The summed E-state index contributed by atoms with van der Waals surface area (Å²) in [6.07, 6.45) is 1.51. The van der Waals surface area contributed by atoms with Crippen LogP contribution in [0.25, 0.3) is 0 Å². The van der Waals surface area contributed by atoms with Gasteiger partial charge >= 0.3 is 0 Å². The van der Waals surface area contributed by atoms with Crippen LogP contribution in [-0.2, 0) is 5.75 Å². The fraction of sp³-hybridized carbons (Fsp3) is 0.154. The number of hydrogen-bond donors (Lipinski definition) is 0. The van der Waals surface area contributed by atoms with E-state index in [1.54, 1.807) is 13.2 Å². The molecule has 0 atom stereocenters. The van der Waals surface area contributed by atoms with Crippen molar-refractivity contribution in [1.82, 2.24) is 0 Å². The van der Waals surface area contributed by atoms with Crippen molar-refractivity contribution in [3.63, 3.8) is 0 Å². The number of ether oxygens (including phenoxy) is 1. The molecule has 0 aliphatic carbocycles. The molecule has 0 aliphatic heterocycles. The second-order valence-electron chi connectivity index (χ2n) is 3.62. The molecule has 94 valence electrons. The van der Waals surface area contributed by atoms with Crippen LogP contribution in [-0.4, -0.2) is 7.11 Å². The number of hydrogen-bond acceptors (Lipinski definition) is 3. The van der Waals surface area contributed by atoms with Crippen LogP contribution in [0.4, 0.5) is 0 Å². The first-order valence-electron chi connectivity index (χ1n) is 5.34. The summed E-state index contributed by atoms with van der Waals surface area (Å²) in [6.45, 7) is 0. The van der Waals surface area contributed by atoms with Crippen LogP contribution in [0.15, 0.2) is 52.1 Å². The van der Waals surface area contributed by atoms with E-state index in [0.29, 0.717) is 5.03 Å². The van der Waals surface area contributed by atoms with E-state index in [0.717, 1.165) is 26.3 Å². The fourth-order valence-electron chi connectivity index (χ4n) is 1.48. The van der Waals surface area contributed by atoms with Gasteiger partial charge in [-0.25, -0.2) is 0 Å². The van der Waals surface area contributed by atoms with Crippen molar-refractivity contribution in [3.8, 4) is 5.75 Å². The number of rotatable bonds is 4. The zero-order chi connectivity index (χ0) is 13.0. The van der Waals surface area contributed by atoms with Gasteiger partial charge in [0, 0.05) is 17.9 Å². The van der Waals surface area contributed by atoms with Crippen molar-refractivity contribution >= 4 is 27.7 Å². The summed E-state index contributed by atoms with van der Waals surface area (Å²) in [4.78, 5) is 0. The molecule has 0 N–H and O–H groups in total. The third-order valence-electron chi connectivity index (χ3n) is 2.39. The predicted octanol–water partition coefficient (Wildman–Crippen LogP) is 3.38. The van der Waals surface area contributed by atoms with E-state index in [9.17, 15) is 5.21 Å². The molecule has 2 rings (SSSR count). The first kappa shape index (κ1) is 13.2. The molecule has 1 aromatic carbocycles. The highest BCUT2D eigenvalue weighted by atomic mass is 79.9. The molecule has 0 spiro atoms. The van der Waals surface area contributed by atoms with Crippen molar-refractivity contribution in [2.75, 3.05) is 7.11 Å². The van der Waals surface area contributed by atoms with Crippen LogP contribution in [0.2, 0.25) is 0 Å². The topological polar surface area (TPSA) is 36.2 Å². The molecule has 1 heterocycles. The fourth-order valence-corrected chi connectivity index (χ4v) is 2.93. The lowest BCUT2D eigenvalue weighted by molar-refractivity contribution is -0.645. The Bertz CT molecular complexity index is 548. The third-order valence-corrected chi connectivity index (χ3v) is 4.10. The lowest BCUT2D eigenvalue weighted by Gasteiger charge is -2.06. The molecule has 0 bridgehead atoms. The second-order valence-corrected chi connectivity index (χ2v) is 5.47. The average Bonchev–Trinajstić information content (AvgIpc) is 2.38. The number of thioether (sulfide) groups is 1. The standard InChI is InChI=1S/C13H12BrNO2S/c1-17-12-6-5-10(8-11(12)14)9-18-13-4-2-3-7-15(13)16/h2-8H,9H2,1H3. The molecule has 5 heteroatoms. The maximum absolute atomic E-state index is 11.5. The first-order valence-corrected chi connectivity index (χ1v) is 7.12. The molecule has 0 saturated heterocycles. The number of pyridine rings is 1. The van der Waals surface area contributed by atoms with Crippen LogP contribution in [0, 0.1) is 5.21 Å². The Morgan fingerprint density at radius 1 is 1.33 bits per heavy atom. The lowest BCUT2D eigenvalue weighted by atomic mass is 10.2. The molecule has 0 saturated carbocycles. The summed E-state index contributed by atoms with van der Waals surface area (Å²) < 4.78 is 6.97. The molecule has 0 fully saturated rings. The number of aromatic nitrogens is 1. The largest absolute Gasteiger partial charge is 0.618 e. The molecular weight excluding hydrogens is 314 g/mol. The zero-order valence-corrected chi connectivity index (χ0v) is 12.2. The number of halogens is 1. The van der Waals surface area contributed by atoms with Crippen molar-refractivity contribution in [3.05, 3.63) is 57.8 Å². The van der Waals surface area contributed by atoms with Crippen LogP contribution in [0.1, 0.15) is 5.56 Å². The number of benzene rings is 1. The highest BCUT2D eigenvalue weighted by Gasteiger charge is 2.06. The van der Waals surface area contributed by atoms with Gasteiger partial charge in [0.25, 0.3) is 5.03 Å². The van der Waals surface area contributed by atoms with E-state index in [1.807, 2.05) is 30.3 Å². The van der Waals surface area contributed by atoms with Crippen molar-refractivity contribution in [1.29, 1.82) is 0 Å². The molecule has 18 heavy (non-hydrogen) atoms. The Kier molecular flexibility index (Phi) is 4.49. The van der Waals surface area contributed by atoms with E-state index in [1.165, 1.54) is 18.0 Å². The molecule has 2 aromatic rings. The van der Waals surface area contributed by atoms with Gasteiger partial charge in [0.2, 0.25) is 0 Å². The second kappa shape index (κ2) is 6.11. The maximum atomic E-state index is 11.5. The Morgan fingerprint density at radius 3 is 2.83 bits per heavy atom. The highest BCUT2D eigenvalue weighted by Crippen LogP contribution is 2.28. The summed E-state index contributed by atoms with van der Waals surface area (Å²) in [6, 6.07) is 11.3. The van der Waals surface area contributed by atoms with E-state index in [4.69, 9.17) is 4.74 Å². The Hall–Kier alpha value is -1.20. The van der Waals surface area contributed by atoms with Crippen molar-refractivity contribution in [2.24, 2.45) is 0 Å². The molecule has 0 unspecified atom stereocenters. The van der Waals surface area contributed by atoms with Gasteiger partial charge in [-0.2, -0.15) is 4.73 Å². The lowest BCUT2D eigenvalue weighted by Crippen LogP contribution is -2.27. The van der Waals surface area contributed by atoms with Gasteiger partial charge in [-0.1, -0.05) is 17.8 Å². The van der Waals surface area contributed by atoms with Crippen LogP contribution in [0.5, 0.6) is 5.75 Å². The smallest absolute Gasteiger partial charge is 0.251 e. The summed E-state index contributed by atoms with van der Waals surface area (Å²) in [7, 11) is 1.64. The molecule has 0 aliphatic rings. The molecular formula is C13H12BrNO2S. The normalized spacial score (nSPS) is 10.3. The minimum absolute atomic E-state index is 0.699.